The third kappa shape index (κ3) is 6.49. The highest BCUT2D eigenvalue weighted by molar-refractivity contribution is 5.94. The van der Waals surface area contributed by atoms with Gasteiger partial charge in [-0.25, -0.2) is 0 Å². The molecular formula is C17H32O4. The molecule has 0 aliphatic heterocycles. The summed E-state index contributed by atoms with van der Waals surface area (Å²) < 4.78 is 10.1. The van der Waals surface area contributed by atoms with Crippen molar-refractivity contribution in [3.05, 3.63) is 0 Å². The van der Waals surface area contributed by atoms with Crippen LogP contribution in [0.2, 0.25) is 0 Å². The third-order valence-corrected chi connectivity index (χ3v) is 4.12. The minimum atomic E-state index is -0.802. The monoisotopic (exact) mass is 300 g/mol. The van der Waals surface area contributed by atoms with Crippen LogP contribution in [0.25, 0.3) is 0 Å². The maximum absolute atomic E-state index is 12.1. The summed E-state index contributed by atoms with van der Waals surface area (Å²) >= 11 is 0. The molecule has 4 heteroatoms. The summed E-state index contributed by atoms with van der Waals surface area (Å²) in [5.41, 5.74) is -0.0155. The second kappa shape index (κ2) is 9.80. The van der Waals surface area contributed by atoms with E-state index in [9.17, 15) is 9.59 Å². The van der Waals surface area contributed by atoms with Gasteiger partial charge in [0, 0.05) is 0 Å². The average molecular weight is 300 g/mol. The Bertz CT molecular complexity index is 301. The fourth-order valence-electron chi connectivity index (χ4n) is 2.96. The molecule has 0 aromatic heterocycles. The van der Waals surface area contributed by atoms with Gasteiger partial charge in [0.15, 0.2) is 5.92 Å². The van der Waals surface area contributed by atoms with Gasteiger partial charge in [0.25, 0.3) is 0 Å². The normalized spacial score (nSPS) is 11.8. The van der Waals surface area contributed by atoms with Crippen molar-refractivity contribution in [3.8, 4) is 0 Å². The summed E-state index contributed by atoms with van der Waals surface area (Å²) in [5.74, 6) is -1.18. The molecule has 0 amide bonds. The van der Waals surface area contributed by atoms with Crippen molar-refractivity contribution in [1.29, 1.82) is 0 Å². The lowest BCUT2D eigenvalue weighted by molar-refractivity contribution is -0.163. The molecule has 21 heavy (non-hydrogen) atoms. The van der Waals surface area contributed by atoms with E-state index >= 15 is 0 Å². The Labute approximate surface area is 129 Å². The molecule has 0 atom stereocenters. The molecule has 0 fully saturated rings. The molecule has 0 aromatic carbocycles. The Hall–Kier alpha value is -1.06. The minimum Gasteiger partial charge on any atom is -0.465 e. The number of carbonyl (C=O) groups is 2. The van der Waals surface area contributed by atoms with E-state index in [2.05, 4.69) is 27.7 Å². The zero-order chi connectivity index (χ0) is 16.5. The fraction of sp³-hybridized carbons (Fsp3) is 0.882. The first-order valence-corrected chi connectivity index (χ1v) is 8.19. The smallest absolute Gasteiger partial charge is 0.320 e. The summed E-state index contributed by atoms with van der Waals surface area (Å²) in [6, 6.07) is 0. The van der Waals surface area contributed by atoms with Gasteiger partial charge in [0.2, 0.25) is 0 Å². The van der Waals surface area contributed by atoms with Crippen LogP contribution in [0.4, 0.5) is 0 Å². The summed E-state index contributed by atoms with van der Waals surface area (Å²) in [4.78, 5) is 24.3. The lowest BCUT2D eigenvalue weighted by Crippen LogP contribution is -2.35. The maximum atomic E-state index is 12.1. The van der Waals surface area contributed by atoms with Gasteiger partial charge in [-0.05, 0) is 38.0 Å². The van der Waals surface area contributed by atoms with Crippen molar-refractivity contribution in [3.63, 3.8) is 0 Å². The zero-order valence-electron chi connectivity index (χ0n) is 14.5. The van der Waals surface area contributed by atoms with Crippen LogP contribution in [-0.4, -0.2) is 25.2 Å². The van der Waals surface area contributed by atoms with Crippen molar-refractivity contribution in [2.45, 2.75) is 67.2 Å². The Balaban J connectivity index is 5.21. The Kier molecular flexibility index (Phi) is 9.31. The van der Waals surface area contributed by atoms with Crippen LogP contribution >= 0.6 is 0 Å². The number of carbonyl (C=O) groups excluding carboxylic acids is 2. The van der Waals surface area contributed by atoms with Gasteiger partial charge in [-0.2, -0.15) is 0 Å². The van der Waals surface area contributed by atoms with Gasteiger partial charge in [-0.1, -0.05) is 40.5 Å². The van der Waals surface area contributed by atoms with Gasteiger partial charge in [-0.15, -0.1) is 0 Å². The molecule has 0 saturated carbocycles. The Morgan fingerprint density at radius 1 is 0.857 bits per heavy atom. The van der Waals surface area contributed by atoms with Crippen LogP contribution in [0.3, 0.4) is 0 Å². The molecule has 0 bridgehead atoms. The average Bonchev–Trinajstić information content (AvgIpc) is 2.43. The van der Waals surface area contributed by atoms with Crippen LogP contribution in [-0.2, 0) is 19.1 Å². The fourth-order valence-corrected chi connectivity index (χ4v) is 2.96. The number of hydrogen-bond acceptors (Lipinski definition) is 4. The predicted octanol–water partition coefficient (Wildman–Crippen LogP) is 3.97. The van der Waals surface area contributed by atoms with Crippen molar-refractivity contribution in [1.82, 2.24) is 0 Å². The zero-order valence-corrected chi connectivity index (χ0v) is 14.5. The molecule has 0 spiro atoms. The van der Waals surface area contributed by atoms with Crippen LogP contribution < -0.4 is 0 Å². The molecule has 124 valence electrons. The second-order valence-corrected chi connectivity index (χ2v) is 6.07. The van der Waals surface area contributed by atoms with E-state index in [1.54, 1.807) is 13.8 Å². The predicted molar refractivity (Wildman–Crippen MR) is 83.8 cm³/mol. The van der Waals surface area contributed by atoms with Gasteiger partial charge in [0.1, 0.15) is 0 Å². The summed E-state index contributed by atoms with van der Waals surface area (Å²) in [7, 11) is 0. The highest BCUT2D eigenvalue weighted by Gasteiger charge is 2.38. The minimum absolute atomic E-state index is 0.0155. The molecular weight excluding hydrogens is 268 g/mol. The van der Waals surface area contributed by atoms with Gasteiger partial charge < -0.3 is 9.47 Å². The van der Waals surface area contributed by atoms with Gasteiger partial charge in [-0.3, -0.25) is 9.59 Å². The van der Waals surface area contributed by atoms with Crippen molar-refractivity contribution >= 4 is 11.9 Å². The molecule has 0 aromatic rings. The first-order valence-electron chi connectivity index (χ1n) is 8.19. The van der Waals surface area contributed by atoms with Crippen LogP contribution in [0.15, 0.2) is 0 Å². The van der Waals surface area contributed by atoms with Gasteiger partial charge in [0.05, 0.1) is 13.2 Å². The van der Waals surface area contributed by atoms with E-state index in [1.807, 2.05) is 0 Å². The van der Waals surface area contributed by atoms with Crippen molar-refractivity contribution in [2.75, 3.05) is 13.2 Å². The molecule has 0 radical (unpaired) electrons. The molecule has 0 rings (SSSR count). The number of rotatable bonds is 10. The number of ether oxygens (including phenoxy) is 2. The molecule has 0 saturated heterocycles. The molecule has 0 aliphatic rings. The van der Waals surface area contributed by atoms with Crippen LogP contribution in [0.1, 0.15) is 67.2 Å². The molecule has 0 unspecified atom stereocenters. The lowest BCUT2D eigenvalue weighted by Gasteiger charge is -2.35. The Morgan fingerprint density at radius 3 is 1.57 bits per heavy atom. The van der Waals surface area contributed by atoms with Crippen molar-refractivity contribution in [2.24, 2.45) is 17.3 Å². The molecule has 0 N–H and O–H groups in total. The molecule has 0 heterocycles. The van der Waals surface area contributed by atoms with Crippen molar-refractivity contribution < 1.29 is 19.1 Å². The first kappa shape index (κ1) is 19.9. The Morgan fingerprint density at radius 2 is 1.29 bits per heavy atom. The van der Waals surface area contributed by atoms with E-state index in [4.69, 9.17) is 9.47 Å². The lowest BCUT2D eigenvalue weighted by atomic mass is 9.70. The topological polar surface area (TPSA) is 52.6 Å². The van der Waals surface area contributed by atoms with E-state index in [0.29, 0.717) is 12.3 Å². The summed E-state index contributed by atoms with van der Waals surface area (Å²) in [6.45, 7) is 12.7. The van der Waals surface area contributed by atoms with E-state index in [1.165, 1.54) is 0 Å². The summed E-state index contributed by atoms with van der Waals surface area (Å²) in [5, 5.41) is 0. The standard InChI is InChI=1S/C17H32O4/c1-7-17(8-2,11-13(5)6)12-14(15(18)20-9-3)16(19)21-10-4/h13-14H,7-12H2,1-6H3. The highest BCUT2D eigenvalue weighted by atomic mass is 16.6. The quantitative estimate of drug-likeness (QED) is 0.452. The largest absolute Gasteiger partial charge is 0.465 e. The third-order valence-electron chi connectivity index (χ3n) is 4.12. The molecule has 4 nitrogen and oxygen atoms in total. The van der Waals surface area contributed by atoms with E-state index in [0.717, 1.165) is 19.3 Å². The molecule has 0 aliphatic carbocycles. The van der Waals surface area contributed by atoms with Gasteiger partial charge >= 0.3 is 11.9 Å². The maximum Gasteiger partial charge on any atom is 0.320 e. The van der Waals surface area contributed by atoms with Crippen LogP contribution in [0, 0.1) is 17.3 Å². The number of esters is 2. The van der Waals surface area contributed by atoms with E-state index in [-0.39, 0.29) is 18.6 Å². The SMILES string of the molecule is CCOC(=O)C(CC(CC)(CC)CC(C)C)C(=O)OCC. The first-order chi connectivity index (χ1) is 9.85. The summed E-state index contributed by atoms with van der Waals surface area (Å²) in [6.07, 6.45) is 3.39. The van der Waals surface area contributed by atoms with E-state index < -0.39 is 17.9 Å². The highest BCUT2D eigenvalue weighted by Crippen LogP contribution is 2.40. The van der Waals surface area contributed by atoms with Crippen LogP contribution in [0.5, 0.6) is 0 Å². The second-order valence-electron chi connectivity index (χ2n) is 6.07. The number of hydrogen-bond donors (Lipinski definition) is 0.